The summed E-state index contributed by atoms with van der Waals surface area (Å²) >= 11 is 0. The minimum atomic E-state index is -3.67. The second-order valence-corrected chi connectivity index (χ2v) is 9.20. The molecule has 0 N–H and O–H groups in total. The Labute approximate surface area is 173 Å². The van der Waals surface area contributed by atoms with E-state index in [4.69, 9.17) is 4.74 Å². The van der Waals surface area contributed by atoms with Gasteiger partial charge in [-0.05, 0) is 43.2 Å². The lowest BCUT2D eigenvalue weighted by Crippen LogP contribution is -2.35. The van der Waals surface area contributed by atoms with Crippen molar-refractivity contribution in [2.75, 3.05) is 21.2 Å². The van der Waals surface area contributed by atoms with Gasteiger partial charge in [0.2, 0.25) is 15.9 Å². The molecule has 0 heterocycles. The average molecular weight is 417 g/mol. The molecule has 0 aliphatic carbocycles. The lowest BCUT2D eigenvalue weighted by atomic mass is 10.1. The summed E-state index contributed by atoms with van der Waals surface area (Å²) < 4.78 is 31.4. The van der Waals surface area contributed by atoms with Crippen LogP contribution in [0.3, 0.4) is 0 Å². The van der Waals surface area contributed by atoms with Gasteiger partial charge < -0.3 is 9.64 Å². The van der Waals surface area contributed by atoms with E-state index in [2.05, 4.69) is 0 Å². The fraction of sp³-hybridized carbons (Fsp3) is 0.318. The molecule has 1 amide bonds. The highest BCUT2D eigenvalue weighted by Gasteiger charge is 2.22. The van der Waals surface area contributed by atoms with Crippen molar-refractivity contribution in [1.82, 2.24) is 9.21 Å². The number of rotatable bonds is 8. The van der Waals surface area contributed by atoms with Gasteiger partial charge in [-0.15, -0.1) is 0 Å². The molecule has 0 saturated heterocycles. The quantitative estimate of drug-likeness (QED) is 0.619. The predicted molar refractivity (Wildman–Crippen MR) is 115 cm³/mol. The van der Waals surface area contributed by atoms with Gasteiger partial charge in [0.05, 0.1) is 7.11 Å². The molecule has 0 fully saturated rings. The van der Waals surface area contributed by atoms with E-state index in [0.29, 0.717) is 12.1 Å². The molecule has 6 nitrogen and oxygen atoms in total. The Kier molecular flexibility index (Phi) is 7.59. The van der Waals surface area contributed by atoms with Gasteiger partial charge in [0.1, 0.15) is 10.6 Å². The topological polar surface area (TPSA) is 66.9 Å². The third kappa shape index (κ3) is 5.68. The standard InChI is InChI=1S/C22H28N2O4S/c1-17(2)24(16-19-9-7-6-8-10-19)22(25)14-12-18-11-13-20(28-5)21(15-18)29(26,27)23(3)4/h6-15,17H,16H2,1-5H3/b14-12+. The van der Waals surface area contributed by atoms with Crippen LogP contribution >= 0.6 is 0 Å². The smallest absolute Gasteiger partial charge is 0.247 e. The highest BCUT2D eigenvalue weighted by molar-refractivity contribution is 7.89. The first kappa shape index (κ1) is 22.6. The Morgan fingerprint density at radius 1 is 1.10 bits per heavy atom. The van der Waals surface area contributed by atoms with Crippen LogP contribution in [-0.4, -0.2) is 50.8 Å². The molecular weight excluding hydrogens is 388 g/mol. The van der Waals surface area contributed by atoms with Crippen LogP contribution in [0.25, 0.3) is 6.08 Å². The summed E-state index contributed by atoms with van der Waals surface area (Å²) in [5.74, 6) is 0.117. The van der Waals surface area contributed by atoms with Crippen molar-refractivity contribution in [3.8, 4) is 5.75 Å². The molecule has 2 rings (SSSR count). The maximum Gasteiger partial charge on any atom is 0.247 e. The van der Waals surface area contributed by atoms with E-state index in [9.17, 15) is 13.2 Å². The lowest BCUT2D eigenvalue weighted by molar-refractivity contribution is -0.128. The van der Waals surface area contributed by atoms with Gasteiger partial charge >= 0.3 is 0 Å². The van der Waals surface area contributed by atoms with Crippen LogP contribution in [0.5, 0.6) is 5.75 Å². The summed E-state index contributed by atoms with van der Waals surface area (Å²) in [6.07, 6.45) is 3.09. The molecule has 156 valence electrons. The lowest BCUT2D eigenvalue weighted by Gasteiger charge is -2.25. The Bertz CT molecular complexity index is 968. The summed E-state index contributed by atoms with van der Waals surface area (Å²) in [6, 6.07) is 14.6. The summed E-state index contributed by atoms with van der Waals surface area (Å²) in [5.41, 5.74) is 1.65. The molecule has 0 spiro atoms. The Morgan fingerprint density at radius 3 is 2.31 bits per heavy atom. The summed E-state index contributed by atoms with van der Waals surface area (Å²) in [5, 5.41) is 0. The van der Waals surface area contributed by atoms with Gasteiger partial charge in [-0.2, -0.15) is 0 Å². The van der Waals surface area contributed by atoms with Gasteiger partial charge in [-0.3, -0.25) is 4.79 Å². The summed E-state index contributed by atoms with van der Waals surface area (Å²) in [7, 11) is 0.678. The van der Waals surface area contributed by atoms with Gasteiger partial charge in [0.15, 0.2) is 0 Å². The van der Waals surface area contributed by atoms with Crippen molar-refractivity contribution in [2.24, 2.45) is 0 Å². The van der Waals surface area contributed by atoms with Crippen molar-refractivity contribution < 1.29 is 17.9 Å². The first-order valence-corrected chi connectivity index (χ1v) is 10.7. The van der Waals surface area contributed by atoms with Crippen molar-refractivity contribution in [2.45, 2.75) is 31.3 Å². The maximum absolute atomic E-state index is 12.8. The third-order valence-corrected chi connectivity index (χ3v) is 6.30. The number of benzene rings is 2. The second kappa shape index (κ2) is 9.71. The maximum atomic E-state index is 12.8. The first-order chi connectivity index (χ1) is 13.7. The van der Waals surface area contributed by atoms with E-state index in [-0.39, 0.29) is 22.6 Å². The van der Waals surface area contributed by atoms with Crippen molar-refractivity contribution >= 4 is 22.0 Å². The molecule has 0 aromatic heterocycles. The number of carbonyl (C=O) groups excluding carboxylic acids is 1. The zero-order valence-electron chi connectivity index (χ0n) is 17.5. The molecule has 0 saturated carbocycles. The van der Waals surface area contributed by atoms with Crippen molar-refractivity contribution in [3.05, 3.63) is 65.7 Å². The monoisotopic (exact) mass is 416 g/mol. The molecule has 0 bridgehead atoms. The minimum absolute atomic E-state index is 0.0212. The van der Waals surface area contributed by atoms with Gasteiger partial charge in [0.25, 0.3) is 0 Å². The molecule has 0 radical (unpaired) electrons. The number of nitrogens with zero attached hydrogens (tertiary/aromatic N) is 2. The first-order valence-electron chi connectivity index (χ1n) is 9.30. The van der Waals surface area contributed by atoms with E-state index in [1.54, 1.807) is 23.1 Å². The van der Waals surface area contributed by atoms with Crippen LogP contribution in [0.1, 0.15) is 25.0 Å². The SMILES string of the molecule is COc1ccc(/C=C/C(=O)N(Cc2ccccc2)C(C)C)cc1S(=O)(=O)N(C)C. The van der Waals surface area contributed by atoms with Crippen LogP contribution in [0.2, 0.25) is 0 Å². The second-order valence-electron chi connectivity index (χ2n) is 7.08. The highest BCUT2D eigenvalue weighted by Crippen LogP contribution is 2.27. The van der Waals surface area contributed by atoms with Gasteiger partial charge in [-0.1, -0.05) is 36.4 Å². The van der Waals surface area contributed by atoms with Crippen LogP contribution < -0.4 is 4.74 Å². The summed E-state index contributed by atoms with van der Waals surface area (Å²) in [6.45, 7) is 4.43. The Morgan fingerprint density at radius 2 is 1.76 bits per heavy atom. The van der Waals surface area contributed by atoms with E-state index in [1.165, 1.54) is 33.3 Å². The van der Waals surface area contributed by atoms with Crippen LogP contribution in [-0.2, 0) is 21.4 Å². The Hall–Kier alpha value is -2.64. The average Bonchev–Trinajstić information content (AvgIpc) is 2.70. The van der Waals surface area contributed by atoms with E-state index < -0.39 is 10.0 Å². The number of sulfonamides is 1. The number of hydrogen-bond donors (Lipinski definition) is 0. The number of amides is 1. The predicted octanol–water partition coefficient (Wildman–Crippen LogP) is 3.40. The van der Waals surface area contributed by atoms with Crippen molar-refractivity contribution in [3.63, 3.8) is 0 Å². The van der Waals surface area contributed by atoms with Gasteiger partial charge in [-0.25, -0.2) is 12.7 Å². The zero-order chi connectivity index (χ0) is 21.6. The molecular formula is C22H28N2O4S. The number of methoxy groups -OCH3 is 1. The van der Waals surface area contributed by atoms with Gasteiger partial charge in [0, 0.05) is 32.8 Å². The van der Waals surface area contributed by atoms with E-state index >= 15 is 0 Å². The van der Waals surface area contributed by atoms with E-state index in [1.807, 2.05) is 44.2 Å². The van der Waals surface area contributed by atoms with Crippen LogP contribution in [0.4, 0.5) is 0 Å². The fourth-order valence-corrected chi connectivity index (χ4v) is 3.84. The number of carbonyl (C=O) groups is 1. The molecule has 7 heteroatoms. The number of ether oxygens (including phenoxy) is 1. The third-order valence-electron chi connectivity index (χ3n) is 4.47. The van der Waals surface area contributed by atoms with E-state index in [0.717, 1.165) is 9.87 Å². The number of hydrogen-bond acceptors (Lipinski definition) is 4. The Balaban J connectivity index is 2.28. The molecule has 0 aliphatic rings. The van der Waals surface area contributed by atoms with Crippen LogP contribution in [0.15, 0.2) is 59.5 Å². The van der Waals surface area contributed by atoms with Crippen molar-refractivity contribution in [1.29, 1.82) is 0 Å². The fourth-order valence-electron chi connectivity index (χ4n) is 2.75. The van der Waals surface area contributed by atoms with Crippen LogP contribution in [0, 0.1) is 0 Å². The molecule has 29 heavy (non-hydrogen) atoms. The highest BCUT2D eigenvalue weighted by atomic mass is 32.2. The molecule has 0 unspecified atom stereocenters. The normalized spacial score (nSPS) is 12.0. The molecule has 2 aromatic rings. The largest absolute Gasteiger partial charge is 0.495 e. The molecule has 2 aromatic carbocycles. The summed E-state index contributed by atoms with van der Waals surface area (Å²) in [4.78, 5) is 14.6. The minimum Gasteiger partial charge on any atom is -0.495 e. The molecule has 0 aliphatic heterocycles. The molecule has 0 atom stereocenters. The zero-order valence-corrected chi connectivity index (χ0v) is 18.3.